The van der Waals surface area contributed by atoms with Gasteiger partial charge >= 0.3 is 5.97 Å². The van der Waals surface area contributed by atoms with Crippen molar-refractivity contribution < 1.29 is 19.5 Å². The van der Waals surface area contributed by atoms with Gasteiger partial charge in [0.05, 0.1) is 0 Å². The van der Waals surface area contributed by atoms with Gasteiger partial charge in [-0.05, 0) is 17.5 Å². The minimum absolute atomic E-state index is 0.102. The number of carbonyl (C=O) groups excluding carboxylic acids is 2. The summed E-state index contributed by atoms with van der Waals surface area (Å²) < 4.78 is 0. The molecular formula is C23H27NO4S2. The first-order valence-corrected chi connectivity index (χ1v) is 12.0. The molecule has 30 heavy (non-hydrogen) atoms. The largest absolute Gasteiger partial charge is 0.480 e. The Bertz CT molecular complexity index is 840. The minimum Gasteiger partial charge on any atom is -0.480 e. The van der Waals surface area contributed by atoms with Crippen LogP contribution in [0.4, 0.5) is 0 Å². The molecule has 5 nitrogen and oxygen atoms in total. The number of nitrogens with one attached hydrogen (secondary N) is 1. The number of hydrogen-bond donors (Lipinski definition) is 2. The lowest BCUT2D eigenvalue weighted by molar-refractivity contribution is -0.141. The van der Waals surface area contributed by atoms with Gasteiger partial charge in [0.2, 0.25) is 11.0 Å². The molecule has 2 atom stereocenters. The highest BCUT2D eigenvalue weighted by molar-refractivity contribution is 8.14. The molecule has 160 valence electrons. The molecule has 2 aromatic rings. The summed E-state index contributed by atoms with van der Waals surface area (Å²) >= 11 is 2.54. The van der Waals surface area contributed by atoms with Crippen molar-refractivity contribution in [3.63, 3.8) is 0 Å². The smallest absolute Gasteiger partial charge is 0.327 e. The number of carboxylic acid groups (broad SMARTS) is 1. The summed E-state index contributed by atoms with van der Waals surface area (Å²) in [5, 5.41) is 11.9. The summed E-state index contributed by atoms with van der Waals surface area (Å²) in [5.74, 6) is -0.639. The number of rotatable bonds is 11. The summed E-state index contributed by atoms with van der Waals surface area (Å²) in [6, 6.07) is 16.1. The summed E-state index contributed by atoms with van der Waals surface area (Å²) in [5.41, 5.74) is 2.97. The fourth-order valence-electron chi connectivity index (χ4n) is 2.59. The topological polar surface area (TPSA) is 83.5 Å². The highest BCUT2D eigenvalue weighted by atomic mass is 32.2. The van der Waals surface area contributed by atoms with Crippen LogP contribution >= 0.6 is 23.5 Å². The van der Waals surface area contributed by atoms with E-state index in [1.54, 1.807) is 31.2 Å². The molecule has 0 aromatic heterocycles. The Morgan fingerprint density at radius 1 is 0.967 bits per heavy atom. The lowest BCUT2D eigenvalue weighted by Crippen LogP contribution is -2.45. The summed E-state index contributed by atoms with van der Waals surface area (Å²) in [7, 11) is 0. The van der Waals surface area contributed by atoms with Crippen LogP contribution in [0.2, 0.25) is 0 Å². The highest BCUT2D eigenvalue weighted by Crippen LogP contribution is 2.17. The van der Waals surface area contributed by atoms with Crippen LogP contribution in [0, 0.1) is 5.92 Å². The summed E-state index contributed by atoms with van der Waals surface area (Å²) in [6.07, 6.45) is 0.980. The van der Waals surface area contributed by atoms with Gasteiger partial charge in [0, 0.05) is 28.7 Å². The molecule has 0 bridgehead atoms. The van der Waals surface area contributed by atoms with Crippen molar-refractivity contribution in [2.24, 2.45) is 5.92 Å². The van der Waals surface area contributed by atoms with Crippen LogP contribution in [0.5, 0.6) is 0 Å². The Morgan fingerprint density at radius 3 is 2.20 bits per heavy atom. The molecule has 0 heterocycles. The molecule has 0 radical (unpaired) electrons. The van der Waals surface area contributed by atoms with Crippen molar-refractivity contribution in [1.82, 2.24) is 5.32 Å². The van der Waals surface area contributed by atoms with Crippen LogP contribution in [0.1, 0.15) is 35.3 Å². The Kier molecular flexibility index (Phi) is 9.97. The van der Waals surface area contributed by atoms with Gasteiger partial charge in [-0.25, -0.2) is 4.79 Å². The Hall–Kier alpha value is -2.25. The number of hydrogen-bond acceptors (Lipinski definition) is 5. The van der Waals surface area contributed by atoms with E-state index in [-0.39, 0.29) is 16.8 Å². The van der Waals surface area contributed by atoms with Crippen LogP contribution in [0.3, 0.4) is 0 Å². The second kappa shape index (κ2) is 12.4. The first kappa shape index (κ1) is 24.0. The van der Waals surface area contributed by atoms with Crippen LogP contribution < -0.4 is 5.32 Å². The molecule has 2 N–H and O–H groups in total. The van der Waals surface area contributed by atoms with Crippen molar-refractivity contribution in [3.8, 4) is 0 Å². The second-order valence-corrected chi connectivity index (χ2v) is 8.97. The van der Waals surface area contributed by atoms with Crippen molar-refractivity contribution >= 4 is 40.5 Å². The third-order valence-electron chi connectivity index (χ3n) is 4.52. The van der Waals surface area contributed by atoms with E-state index in [1.165, 1.54) is 17.3 Å². The van der Waals surface area contributed by atoms with Crippen LogP contribution in [-0.4, -0.2) is 39.6 Å². The average molecular weight is 446 g/mol. The van der Waals surface area contributed by atoms with Crippen LogP contribution in [-0.2, 0) is 21.8 Å². The highest BCUT2D eigenvalue weighted by Gasteiger charge is 2.23. The van der Waals surface area contributed by atoms with Gasteiger partial charge in [-0.1, -0.05) is 80.2 Å². The molecule has 0 aliphatic carbocycles. The van der Waals surface area contributed by atoms with Crippen LogP contribution in [0.25, 0.3) is 0 Å². The number of thioether (sulfide) groups is 2. The first-order valence-electron chi connectivity index (χ1n) is 9.81. The lowest BCUT2D eigenvalue weighted by Gasteiger charge is -2.17. The molecule has 0 aliphatic heterocycles. The van der Waals surface area contributed by atoms with E-state index in [0.717, 1.165) is 23.7 Å². The number of carbonyl (C=O) groups is 3. The van der Waals surface area contributed by atoms with E-state index in [1.807, 2.05) is 18.2 Å². The zero-order valence-electron chi connectivity index (χ0n) is 17.2. The number of aryl methyl sites for hydroxylation is 1. The monoisotopic (exact) mass is 445 g/mol. The fourth-order valence-corrected chi connectivity index (χ4v) is 4.45. The summed E-state index contributed by atoms with van der Waals surface area (Å²) in [6.45, 7) is 3.79. The van der Waals surface area contributed by atoms with E-state index in [0.29, 0.717) is 17.1 Å². The molecule has 0 spiro atoms. The van der Waals surface area contributed by atoms with E-state index >= 15 is 0 Å². The van der Waals surface area contributed by atoms with Gasteiger partial charge < -0.3 is 10.4 Å². The number of amides is 1. The molecular weight excluding hydrogens is 418 g/mol. The van der Waals surface area contributed by atoms with Gasteiger partial charge in [-0.3, -0.25) is 9.59 Å². The maximum atomic E-state index is 12.4. The molecule has 2 aromatic carbocycles. The number of carboxylic acids is 1. The van der Waals surface area contributed by atoms with E-state index in [9.17, 15) is 19.5 Å². The van der Waals surface area contributed by atoms with Crippen molar-refractivity contribution in [3.05, 3.63) is 71.3 Å². The lowest BCUT2D eigenvalue weighted by atomic mass is 10.1. The van der Waals surface area contributed by atoms with E-state index < -0.39 is 17.9 Å². The Balaban J connectivity index is 1.78. The fraction of sp³-hybridized carbons (Fsp3) is 0.348. The van der Waals surface area contributed by atoms with E-state index in [4.69, 9.17) is 0 Å². The molecule has 0 aliphatic rings. The Labute approximate surface area is 186 Å². The third-order valence-corrected chi connectivity index (χ3v) is 6.79. The molecule has 2 rings (SSSR count). The van der Waals surface area contributed by atoms with Gasteiger partial charge in [-0.2, -0.15) is 11.8 Å². The third kappa shape index (κ3) is 7.88. The molecule has 1 amide bonds. The van der Waals surface area contributed by atoms with Crippen molar-refractivity contribution in [2.75, 3.05) is 11.5 Å². The van der Waals surface area contributed by atoms with Gasteiger partial charge in [0.1, 0.15) is 6.04 Å². The van der Waals surface area contributed by atoms with Crippen molar-refractivity contribution in [2.45, 2.75) is 32.1 Å². The first-order chi connectivity index (χ1) is 14.4. The quantitative estimate of drug-likeness (QED) is 0.538. The normalized spacial score (nSPS) is 12.7. The van der Waals surface area contributed by atoms with Crippen LogP contribution in [0.15, 0.2) is 54.6 Å². The van der Waals surface area contributed by atoms with Crippen molar-refractivity contribution in [1.29, 1.82) is 0 Å². The summed E-state index contributed by atoms with van der Waals surface area (Å²) in [4.78, 5) is 36.1. The zero-order chi connectivity index (χ0) is 21.9. The molecule has 0 saturated carbocycles. The molecule has 0 unspecified atom stereocenters. The standard InChI is InChI=1S/C23H27NO4S2/c1-3-17-9-11-18(12-10-17)14-29-15-20(22(26)27)24-21(25)16(2)13-30-23(28)19-7-5-4-6-8-19/h4-12,16,20H,3,13-15H2,1-2H3,(H,24,25)(H,26,27)/t16-,20+/m1/s1. The maximum Gasteiger partial charge on any atom is 0.327 e. The van der Waals surface area contributed by atoms with Gasteiger partial charge in [0.15, 0.2) is 0 Å². The molecule has 7 heteroatoms. The second-order valence-electron chi connectivity index (χ2n) is 6.95. The number of benzene rings is 2. The number of aliphatic carboxylic acids is 1. The van der Waals surface area contributed by atoms with E-state index in [2.05, 4.69) is 24.4 Å². The molecule has 0 fully saturated rings. The minimum atomic E-state index is -1.06. The SMILES string of the molecule is CCc1ccc(CSC[C@H](NC(=O)[C@H](C)CSC(=O)c2ccccc2)C(=O)O)cc1. The van der Waals surface area contributed by atoms with Gasteiger partial charge in [-0.15, -0.1) is 0 Å². The predicted molar refractivity (Wildman–Crippen MR) is 124 cm³/mol. The maximum absolute atomic E-state index is 12.4. The Morgan fingerprint density at radius 2 is 1.60 bits per heavy atom. The zero-order valence-corrected chi connectivity index (χ0v) is 18.8. The average Bonchev–Trinajstić information content (AvgIpc) is 2.77. The van der Waals surface area contributed by atoms with Gasteiger partial charge in [0.25, 0.3) is 0 Å². The predicted octanol–water partition coefficient (Wildman–Crippen LogP) is 4.26. The molecule has 0 saturated heterocycles.